The monoisotopic (exact) mass is 1380 g/mol. The number of rotatable bonds is 74. The Hall–Kier alpha value is -1.94. The number of esters is 4. The van der Waals surface area contributed by atoms with E-state index < -0.39 is 97.5 Å². The summed E-state index contributed by atoms with van der Waals surface area (Å²) in [5, 5.41) is 10.6. The second-order valence-corrected chi connectivity index (χ2v) is 30.9. The van der Waals surface area contributed by atoms with Crippen molar-refractivity contribution < 1.29 is 80.2 Å². The zero-order valence-electron chi connectivity index (χ0n) is 61.3. The van der Waals surface area contributed by atoms with Crippen LogP contribution in [0.2, 0.25) is 0 Å². The highest BCUT2D eigenvalue weighted by Gasteiger charge is 2.30. The molecule has 0 aliphatic rings. The molecule has 0 aliphatic heterocycles. The third-order valence-electron chi connectivity index (χ3n) is 17.5. The molecule has 94 heavy (non-hydrogen) atoms. The number of hydrogen-bond acceptors (Lipinski definition) is 15. The largest absolute Gasteiger partial charge is 0.472 e. The van der Waals surface area contributed by atoms with E-state index in [1.807, 2.05) is 0 Å². The fourth-order valence-corrected chi connectivity index (χ4v) is 13.1. The molecule has 0 heterocycles. The smallest absolute Gasteiger partial charge is 0.462 e. The second-order valence-electron chi connectivity index (χ2n) is 28.0. The lowest BCUT2D eigenvalue weighted by atomic mass is 10.0. The summed E-state index contributed by atoms with van der Waals surface area (Å²) in [6.45, 7) is 9.49. The van der Waals surface area contributed by atoms with E-state index in [0.29, 0.717) is 31.6 Å². The van der Waals surface area contributed by atoms with Gasteiger partial charge >= 0.3 is 39.5 Å². The van der Waals surface area contributed by atoms with Gasteiger partial charge in [-0.3, -0.25) is 37.3 Å². The number of phosphoric acid groups is 2. The highest BCUT2D eigenvalue weighted by atomic mass is 31.2. The van der Waals surface area contributed by atoms with Gasteiger partial charge in [0.1, 0.15) is 19.3 Å². The van der Waals surface area contributed by atoms with Crippen molar-refractivity contribution in [1.82, 2.24) is 0 Å². The van der Waals surface area contributed by atoms with E-state index in [9.17, 15) is 43.2 Å². The van der Waals surface area contributed by atoms with Crippen LogP contribution < -0.4 is 0 Å². The first-order valence-corrected chi connectivity index (χ1v) is 42.0. The predicted molar refractivity (Wildman–Crippen MR) is 381 cm³/mol. The maximum atomic E-state index is 13.1. The summed E-state index contributed by atoms with van der Waals surface area (Å²) < 4.78 is 68.5. The van der Waals surface area contributed by atoms with Gasteiger partial charge in [0, 0.05) is 25.7 Å². The summed E-state index contributed by atoms with van der Waals surface area (Å²) in [5.74, 6) is -0.696. The number of carbonyl (C=O) groups is 4. The van der Waals surface area contributed by atoms with Crippen molar-refractivity contribution in [2.45, 2.75) is 407 Å². The average Bonchev–Trinajstić information content (AvgIpc) is 1.40. The van der Waals surface area contributed by atoms with Crippen molar-refractivity contribution in [3.05, 3.63) is 0 Å². The highest BCUT2D eigenvalue weighted by Crippen LogP contribution is 2.45. The number of phosphoric ester groups is 2. The van der Waals surface area contributed by atoms with Crippen molar-refractivity contribution in [3.63, 3.8) is 0 Å². The highest BCUT2D eigenvalue weighted by molar-refractivity contribution is 7.47. The average molecular weight is 1380 g/mol. The normalized spacial score (nSPS) is 14.0. The fraction of sp³-hybridized carbons (Fsp3) is 0.947. The molecule has 0 bridgehead atoms. The Balaban J connectivity index is 5.22. The van der Waals surface area contributed by atoms with E-state index in [1.54, 1.807) is 0 Å². The lowest BCUT2D eigenvalue weighted by Gasteiger charge is -2.21. The van der Waals surface area contributed by atoms with Crippen LogP contribution in [0.5, 0.6) is 0 Å². The van der Waals surface area contributed by atoms with E-state index in [2.05, 4.69) is 41.5 Å². The number of aliphatic hydroxyl groups is 1. The first kappa shape index (κ1) is 92.1. The van der Waals surface area contributed by atoms with Gasteiger partial charge in [-0.25, -0.2) is 9.13 Å². The Kier molecular flexibility index (Phi) is 65.5. The van der Waals surface area contributed by atoms with Crippen LogP contribution in [-0.4, -0.2) is 96.7 Å². The quantitative estimate of drug-likeness (QED) is 0.0222. The van der Waals surface area contributed by atoms with Crippen LogP contribution in [0.4, 0.5) is 0 Å². The lowest BCUT2D eigenvalue weighted by molar-refractivity contribution is -0.161. The van der Waals surface area contributed by atoms with Crippen molar-refractivity contribution in [3.8, 4) is 0 Å². The molecule has 0 radical (unpaired) electrons. The first-order valence-electron chi connectivity index (χ1n) is 39.0. The van der Waals surface area contributed by atoms with E-state index in [0.717, 1.165) is 102 Å². The molecule has 0 aliphatic carbocycles. The second kappa shape index (κ2) is 66.9. The van der Waals surface area contributed by atoms with Gasteiger partial charge in [0.05, 0.1) is 26.4 Å². The molecule has 0 saturated carbocycles. The minimum Gasteiger partial charge on any atom is -0.462 e. The summed E-state index contributed by atoms with van der Waals surface area (Å²) in [5.41, 5.74) is 0. The molecule has 0 rings (SSSR count). The molecule has 0 aromatic heterocycles. The van der Waals surface area contributed by atoms with Gasteiger partial charge in [-0.1, -0.05) is 337 Å². The van der Waals surface area contributed by atoms with Crippen molar-refractivity contribution >= 4 is 39.5 Å². The van der Waals surface area contributed by atoms with Crippen LogP contribution >= 0.6 is 15.6 Å². The summed E-state index contributed by atoms with van der Waals surface area (Å²) >= 11 is 0. The van der Waals surface area contributed by atoms with Crippen LogP contribution in [-0.2, 0) is 65.4 Å². The topological polar surface area (TPSA) is 237 Å². The van der Waals surface area contributed by atoms with E-state index in [-0.39, 0.29) is 25.7 Å². The van der Waals surface area contributed by atoms with Crippen LogP contribution in [0, 0.1) is 11.8 Å². The van der Waals surface area contributed by atoms with Gasteiger partial charge in [-0.15, -0.1) is 0 Å². The molecule has 0 amide bonds. The van der Waals surface area contributed by atoms with Gasteiger partial charge < -0.3 is 33.8 Å². The zero-order valence-corrected chi connectivity index (χ0v) is 63.1. The van der Waals surface area contributed by atoms with Crippen LogP contribution in [0.3, 0.4) is 0 Å². The molecule has 5 atom stereocenters. The molecule has 558 valence electrons. The molecule has 0 saturated heterocycles. The Morgan fingerprint density at radius 1 is 0.287 bits per heavy atom. The summed E-state index contributed by atoms with van der Waals surface area (Å²) in [7, 11) is -9.91. The SMILES string of the molecule is CCCCCCCCCCCCCCCCCCCCCC(=O)O[C@H](COC(=O)CCCCCCCCCCCCCCCC)COP(=O)(O)OC[C@@H](O)COP(=O)(O)OC[C@@H](COC(=O)CCCCCCCCCC(C)C)OC(=O)CCCCCCCCCCC(C)C. The molecule has 0 spiro atoms. The Bertz CT molecular complexity index is 1820. The van der Waals surface area contributed by atoms with E-state index in [4.69, 9.17) is 37.0 Å². The molecule has 17 nitrogen and oxygen atoms in total. The van der Waals surface area contributed by atoms with Crippen LogP contribution in [0.1, 0.15) is 388 Å². The van der Waals surface area contributed by atoms with Gasteiger partial charge in [0.15, 0.2) is 12.2 Å². The Morgan fingerprint density at radius 3 is 0.723 bits per heavy atom. The molecule has 0 fully saturated rings. The molecule has 3 N–H and O–H groups in total. The minimum atomic E-state index is -4.96. The molecular formula is C75H146O17P2. The summed E-state index contributed by atoms with van der Waals surface area (Å²) in [6, 6.07) is 0. The van der Waals surface area contributed by atoms with E-state index in [1.165, 1.54) is 199 Å². The number of ether oxygens (including phenoxy) is 4. The first-order chi connectivity index (χ1) is 45.4. The number of carbonyl (C=O) groups excluding carboxylic acids is 4. The molecule has 0 aromatic carbocycles. The Morgan fingerprint density at radius 2 is 0.489 bits per heavy atom. The van der Waals surface area contributed by atoms with Gasteiger partial charge in [-0.05, 0) is 37.5 Å². The van der Waals surface area contributed by atoms with Crippen molar-refractivity contribution in [1.29, 1.82) is 0 Å². The lowest BCUT2D eigenvalue weighted by Crippen LogP contribution is -2.30. The van der Waals surface area contributed by atoms with E-state index >= 15 is 0 Å². The zero-order chi connectivity index (χ0) is 69.3. The van der Waals surface area contributed by atoms with Crippen LogP contribution in [0.25, 0.3) is 0 Å². The molecule has 0 aromatic rings. The van der Waals surface area contributed by atoms with Crippen molar-refractivity contribution in [2.75, 3.05) is 39.6 Å². The van der Waals surface area contributed by atoms with Crippen molar-refractivity contribution in [2.24, 2.45) is 11.8 Å². The summed E-state index contributed by atoms with van der Waals surface area (Å²) in [6.07, 6.45) is 54.3. The minimum absolute atomic E-state index is 0.104. The predicted octanol–water partition coefficient (Wildman–Crippen LogP) is 21.9. The van der Waals surface area contributed by atoms with Crippen LogP contribution in [0.15, 0.2) is 0 Å². The third kappa shape index (κ3) is 68.6. The number of aliphatic hydroxyl groups excluding tert-OH is 1. The summed E-state index contributed by atoms with van der Waals surface area (Å²) in [4.78, 5) is 72.7. The van der Waals surface area contributed by atoms with Gasteiger partial charge in [0.25, 0.3) is 0 Å². The molecular weight excluding hydrogens is 1230 g/mol. The fourth-order valence-electron chi connectivity index (χ4n) is 11.5. The maximum Gasteiger partial charge on any atom is 0.472 e. The van der Waals surface area contributed by atoms with Gasteiger partial charge in [-0.2, -0.15) is 0 Å². The number of unbranched alkanes of at least 4 members (excludes halogenated alkanes) is 44. The molecule has 2 unspecified atom stereocenters. The maximum absolute atomic E-state index is 13.1. The van der Waals surface area contributed by atoms with Gasteiger partial charge in [0.2, 0.25) is 0 Å². The third-order valence-corrected chi connectivity index (χ3v) is 19.4. The Labute approximate surface area is 575 Å². The number of hydrogen-bond donors (Lipinski definition) is 3. The standard InChI is InChI=1S/C75H146O17P2/c1-7-9-11-13-15-17-19-21-23-24-25-26-27-29-31-33-40-47-53-59-74(79)91-70(63-85-72(77)57-51-45-39-32-30-28-22-20-18-16-14-12-10-8-2)65-89-93(81,82)87-61-69(76)62-88-94(83,84)90-66-71(64-86-73(78)58-52-46-42-36-38-44-50-56-68(5)6)92-75(80)60-54-48-41-35-34-37-43-49-55-67(3)4/h67-71,76H,7-66H2,1-6H3,(H,81,82)(H,83,84)/t69-,70-,71-/m1/s1. The molecule has 19 heteroatoms.